The van der Waals surface area contributed by atoms with E-state index in [9.17, 15) is 8.78 Å². The summed E-state index contributed by atoms with van der Waals surface area (Å²) >= 11 is 8.91. The quantitative estimate of drug-likeness (QED) is 0.852. The first-order chi connectivity index (χ1) is 8.08. The molecule has 1 N–H and O–H groups in total. The fourth-order valence-corrected chi connectivity index (χ4v) is 1.59. The lowest BCUT2D eigenvalue weighted by Crippen LogP contribution is -1.98. The van der Waals surface area contributed by atoms with Gasteiger partial charge in [0.25, 0.3) is 0 Å². The van der Waals surface area contributed by atoms with Gasteiger partial charge >= 0.3 is 0 Å². The zero-order chi connectivity index (χ0) is 12.4. The molecule has 0 aliphatic carbocycles. The zero-order valence-corrected chi connectivity index (χ0v) is 10.6. The highest BCUT2D eigenvalue weighted by atomic mass is 79.9. The monoisotopic (exact) mass is 319 g/mol. The van der Waals surface area contributed by atoms with E-state index >= 15 is 0 Å². The minimum Gasteiger partial charge on any atom is -0.337 e. The van der Waals surface area contributed by atoms with Gasteiger partial charge in [0.2, 0.25) is 0 Å². The summed E-state index contributed by atoms with van der Waals surface area (Å²) in [7, 11) is 0. The third-order valence-corrected chi connectivity index (χ3v) is 3.20. The second kappa shape index (κ2) is 4.93. The molecule has 0 saturated heterocycles. The Balaban J connectivity index is 2.35. The fraction of sp³-hybridized carbons (Fsp3) is 0. The number of hydrogen-bond acceptors (Lipinski definition) is 3. The van der Waals surface area contributed by atoms with Crippen LogP contribution in [0.5, 0.6) is 0 Å². The van der Waals surface area contributed by atoms with E-state index in [0.29, 0.717) is 10.3 Å². The van der Waals surface area contributed by atoms with E-state index in [4.69, 9.17) is 11.6 Å². The maximum Gasteiger partial charge on any atom is 0.149 e. The standard InChI is InChI=1S/C10H5BrClF2N3/c11-8-9(12)15-4-16-10(8)17-7-2-1-5(13)3-6(7)14/h1-4H,(H,15,16,17). The summed E-state index contributed by atoms with van der Waals surface area (Å²) in [6.45, 7) is 0. The van der Waals surface area contributed by atoms with Gasteiger partial charge in [0.05, 0.1) is 10.2 Å². The first-order valence-corrected chi connectivity index (χ1v) is 5.63. The lowest BCUT2D eigenvalue weighted by Gasteiger charge is -2.08. The number of halogens is 4. The van der Waals surface area contributed by atoms with Crippen molar-refractivity contribution in [2.24, 2.45) is 0 Å². The van der Waals surface area contributed by atoms with Gasteiger partial charge in [-0.1, -0.05) is 11.6 Å². The third kappa shape index (κ3) is 2.70. The Bertz CT molecular complexity index is 565. The van der Waals surface area contributed by atoms with Crippen LogP contribution in [0, 0.1) is 11.6 Å². The molecule has 0 aliphatic heterocycles. The molecule has 1 heterocycles. The molecule has 2 aromatic rings. The van der Waals surface area contributed by atoms with Crippen molar-refractivity contribution < 1.29 is 8.78 Å². The molecule has 17 heavy (non-hydrogen) atoms. The third-order valence-electron chi connectivity index (χ3n) is 1.93. The van der Waals surface area contributed by atoms with E-state index in [-0.39, 0.29) is 10.8 Å². The number of hydrogen-bond donors (Lipinski definition) is 1. The predicted molar refractivity (Wildman–Crippen MR) is 64.4 cm³/mol. The topological polar surface area (TPSA) is 37.8 Å². The van der Waals surface area contributed by atoms with E-state index in [1.165, 1.54) is 12.4 Å². The second-order valence-corrected chi connectivity index (χ2v) is 4.23. The summed E-state index contributed by atoms with van der Waals surface area (Å²) < 4.78 is 26.5. The van der Waals surface area contributed by atoms with E-state index in [2.05, 4.69) is 31.2 Å². The minimum atomic E-state index is -0.716. The molecule has 0 atom stereocenters. The number of aromatic nitrogens is 2. The zero-order valence-electron chi connectivity index (χ0n) is 8.22. The van der Waals surface area contributed by atoms with Gasteiger partial charge in [0.15, 0.2) is 0 Å². The molecule has 0 unspecified atom stereocenters. The van der Waals surface area contributed by atoms with Crippen molar-refractivity contribution in [2.45, 2.75) is 0 Å². The van der Waals surface area contributed by atoms with Crippen molar-refractivity contribution in [3.8, 4) is 0 Å². The van der Waals surface area contributed by atoms with Crippen molar-refractivity contribution in [1.82, 2.24) is 9.97 Å². The van der Waals surface area contributed by atoms with Crippen molar-refractivity contribution in [1.29, 1.82) is 0 Å². The molecular weight excluding hydrogens is 315 g/mol. The van der Waals surface area contributed by atoms with Crippen LogP contribution in [0.4, 0.5) is 20.3 Å². The minimum absolute atomic E-state index is 0.0990. The normalized spacial score (nSPS) is 10.4. The number of nitrogens with zero attached hydrogens (tertiary/aromatic N) is 2. The summed E-state index contributed by atoms with van der Waals surface area (Å²) in [5.41, 5.74) is 0.0990. The van der Waals surface area contributed by atoms with Gasteiger partial charge < -0.3 is 5.32 Å². The van der Waals surface area contributed by atoms with Crippen LogP contribution in [-0.2, 0) is 0 Å². The molecule has 1 aromatic heterocycles. The molecule has 0 saturated carbocycles. The van der Waals surface area contributed by atoms with Gasteiger partial charge in [-0.2, -0.15) is 0 Å². The molecule has 0 aliphatic rings. The SMILES string of the molecule is Fc1ccc(Nc2ncnc(Cl)c2Br)c(F)c1. The van der Waals surface area contributed by atoms with Crippen LogP contribution in [0.3, 0.4) is 0 Å². The summed E-state index contributed by atoms with van der Waals surface area (Å²) in [4.78, 5) is 7.62. The molecule has 0 radical (unpaired) electrons. The van der Waals surface area contributed by atoms with Gasteiger partial charge in [-0.15, -0.1) is 0 Å². The Morgan fingerprint density at radius 3 is 2.71 bits per heavy atom. The highest BCUT2D eigenvalue weighted by Gasteiger charge is 2.09. The average Bonchev–Trinajstić information content (AvgIpc) is 2.28. The molecule has 0 spiro atoms. The van der Waals surface area contributed by atoms with Crippen LogP contribution in [-0.4, -0.2) is 9.97 Å². The molecular formula is C10H5BrClF2N3. The lowest BCUT2D eigenvalue weighted by molar-refractivity contribution is 0.586. The molecule has 7 heteroatoms. The Morgan fingerprint density at radius 2 is 2.00 bits per heavy atom. The summed E-state index contributed by atoms with van der Waals surface area (Å²) in [5, 5.41) is 2.88. The number of anilines is 2. The smallest absolute Gasteiger partial charge is 0.149 e. The fourth-order valence-electron chi connectivity index (χ4n) is 1.15. The highest BCUT2D eigenvalue weighted by Crippen LogP contribution is 2.29. The molecule has 3 nitrogen and oxygen atoms in total. The van der Waals surface area contributed by atoms with Gasteiger partial charge in [-0.3, -0.25) is 0 Å². The Morgan fingerprint density at radius 1 is 1.24 bits per heavy atom. The Labute approximate surface area is 109 Å². The maximum atomic E-state index is 13.4. The molecule has 2 rings (SSSR count). The number of benzene rings is 1. The van der Waals surface area contributed by atoms with Gasteiger partial charge in [0, 0.05) is 6.07 Å². The van der Waals surface area contributed by atoms with E-state index < -0.39 is 11.6 Å². The van der Waals surface area contributed by atoms with Gasteiger partial charge in [-0.25, -0.2) is 18.7 Å². The largest absolute Gasteiger partial charge is 0.337 e. The summed E-state index contributed by atoms with van der Waals surface area (Å²) in [6.07, 6.45) is 1.23. The Hall–Kier alpha value is -1.27. The van der Waals surface area contributed by atoms with Crippen LogP contribution >= 0.6 is 27.5 Å². The van der Waals surface area contributed by atoms with E-state index in [1.54, 1.807) is 0 Å². The maximum absolute atomic E-state index is 13.4. The molecule has 0 fully saturated rings. The van der Waals surface area contributed by atoms with Crippen molar-refractivity contribution in [3.63, 3.8) is 0 Å². The van der Waals surface area contributed by atoms with Crippen LogP contribution in [0.2, 0.25) is 5.15 Å². The predicted octanol–water partition coefficient (Wildman–Crippen LogP) is 3.91. The highest BCUT2D eigenvalue weighted by molar-refractivity contribution is 9.10. The number of nitrogens with one attached hydrogen (secondary N) is 1. The lowest BCUT2D eigenvalue weighted by atomic mass is 10.3. The molecule has 0 bridgehead atoms. The molecule has 1 aromatic carbocycles. The first kappa shape index (κ1) is 12.2. The van der Waals surface area contributed by atoms with E-state index in [0.717, 1.165) is 12.1 Å². The summed E-state index contributed by atoms with van der Waals surface area (Å²) in [5.74, 6) is -1.06. The van der Waals surface area contributed by atoms with Crippen LogP contribution in [0.25, 0.3) is 0 Å². The van der Waals surface area contributed by atoms with Crippen LogP contribution < -0.4 is 5.32 Å². The Kier molecular flexibility index (Phi) is 3.54. The molecule has 88 valence electrons. The number of rotatable bonds is 2. The van der Waals surface area contributed by atoms with Crippen molar-refractivity contribution >= 4 is 39.0 Å². The van der Waals surface area contributed by atoms with Crippen molar-refractivity contribution in [3.05, 3.63) is 45.8 Å². The van der Waals surface area contributed by atoms with Crippen molar-refractivity contribution in [2.75, 3.05) is 5.32 Å². The van der Waals surface area contributed by atoms with E-state index in [1.807, 2.05) is 0 Å². The second-order valence-electron chi connectivity index (χ2n) is 3.08. The molecule has 0 amide bonds. The first-order valence-electron chi connectivity index (χ1n) is 4.46. The van der Waals surface area contributed by atoms with Crippen LogP contribution in [0.15, 0.2) is 29.0 Å². The average molecular weight is 321 g/mol. The van der Waals surface area contributed by atoms with Gasteiger partial charge in [0.1, 0.15) is 28.9 Å². The van der Waals surface area contributed by atoms with Crippen LogP contribution in [0.1, 0.15) is 0 Å². The summed E-state index contributed by atoms with van der Waals surface area (Å²) in [6, 6.07) is 3.19. The van der Waals surface area contributed by atoms with Gasteiger partial charge in [-0.05, 0) is 28.1 Å².